The van der Waals surface area contributed by atoms with Gasteiger partial charge in [-0.15, -0.1) is 6.42 Å². The Morgan fingerprint density at radius 3 is 2.54 bits per heavy atom. The first-order valence-electron chi connectivity index (χ1n) is 6.65. The van der Waals surface area contributed by atoms with E-state index in [-0.39, 0.29) is 17.0 Å². The molecule has 2 rings (SSSR count). The molecule has 122 valence electrons. The molecule has 0 bridgehead atoms. The molecule has 0 fully saturated rings. The monoisotopic (exact) mass is 331 g/mol. The number of nitriles is 1. The van der Waals surface area contributed by atoms with Gasteiger partial charge in [-0.05, 0) is 13.0 Å². The minimum atomic E-state index is -1.24. The Kier molecular flexibility index (Phi) is 4.52. The Morgan fingerprint density at radius 2 is 1.96 bits per heavy atom. The van der Waals surface area contributed by atoms with Crippen LogP contribution in [0.1, 0.15) is 12.5 Å². The van der Waals surface area contributed by atoms with Gasteiger partial charge < -0.3 is 4.74 Å². The average molecular weight is 331 g/mol. The summed E-state index contributed by atoms with van der Waals surface area (Å²) in [4.78, 5) is 23.5. The summed E-state index contributed by atoms with van der Waals surface area (Å²) in [6.45, 7) is 1.53. The van der Waals surface area contributed by atoms with Gasteiger partial charge in [-0.25, -0.2) is 9.18 Å². The standard InChI is InChI=1S/C16H11F2N3O3/c1-4-9(2)24-14-6-13(11(17)5-10(14)7-19)21-8-12(18)15(22)20(3)16(21)23/h1,5-6,8-9H,2-3H3. The maximum absolute atomic E-state index is 14.2. The lowest BCUT2D eigenvalue weighted by Gasteiger charge is -2.14. The minimum Gasteiger partial charge on any atom is -0.477 e. The van der Waals surface area contributed by atoms with E-state index in [4.69, 9.17) is 16.4 Å². The molecular weight excluding hydrogens is 320 g/mol. The summed E-state index contributed by atoms with van der Waals surface area (Å²) in [6, 6.07) is 3.63. The Morgan fingerprint density at radius 1 is 1.29 bits per heavy atom. The van der Waals surface area contributed by atoms with Crippen LogP contribution in [0, 0.1) is 35.3 Å². The lowest BCUT2D eigenvalue weighted by molar-refractivity contribution is 0.277. The molecule has 0 spiro atoms. The van der Waals surface area contributed by atoms with Crippen molar-refractivity contribution in [2.45, 2.75) is 13.0 Å². The zero-order valence-electron chi connectivity index (χ0n) is 12.7. The van der Waals surface area contributed by atoms with E-state index in [2.05, 4.69) is 5.92 Å². The van der Waals surface area contributed by atoms with E-state index in [1.54, 1.807) is 6.07 Å². The van der Waals surface area contributed by atoms with Gasteiger partial charge in [0.05, 0.1) is 17.4 Å². The van der Waals surface area contributed by atoms with Crippen LogP contribution in [0.4, 0.5) is 8.78 Å². The molecule has 0 radical (unpaired) electrons. The highest BCUT2D eigenvalue weighted by Gasteiger charge is 2.17. The van der Waals surface area contributed by atoms with Gasteiger partial charge in [0.1, 0.15) is 17.6 Å². The van der Waals surface area contributed by atoms with Gasteiger partial charge in [0.2, 0.25) is 5.82 Å². The number of terminal acetylenes is 1. The van der Waals surface area contributed by atoms with Crippen molar-refractivity contribution in [2.75, 3.05) is 0 Å². The molecular formula is C16H11F2N3O3. The third kappa shape index (κ3) is 2.90. The number of halogens is 2. The topological polar surface area (TPSA) is 77.0 Å². The van der Waals surface area contributed by atoms with Crippen molar-refractivity contribution in [2.24, 2.45) is 7.05 Å². The SMILES string of the molecule is C#CC(C)Oc1cc(-n2cc(F)c(=O)n(C)c2=O)c(F)cc1C#N. The highest BCUT2D eigenvalue weighted by molar-refractivity contribution is 5.51. The van der Waals surface area contributed by atoms with Gasteiger partial charge in [-0.3, -0.25) is 13.9 Å². The smallest absolute Gasteiger partial charge is 0.335 e. The zero-order chi connectivity index (χ0) is 18.0. The quantitative estimate of drug-likeness (QED) is 0.789. The van der Waals surface area contributed by atoms with E-state index >= 15 is 0 Å². The third-order valence-corrected chi connectivity index (χ3v) is 3.21. The van der Waals surface area contributed by atoms with Gasteiger partial charge in [0.15, 0.2) is 6.10 Å². The summed E-state index contributed by atoms with van der Waals surface area (Å²) in [5.74, 6) is 0.00615. The number of rotatable bonds is 3. The molecule has 1 heterocycles. The predicted molar refractivity (Wildman–Crippen MR) is 80.8 cm³/mol. The molecule has 0 aliphatic carbocycles. The number of aromatic nitrogens is 2. The molecule has 0 amide bonds. The van der Waals surface area contributed by atoms with Gasteiger partial charge in [0, 0.05) is 13.1 Å². The Bertz CT molecular complexity index is 1010. The van der Waals surface area contributed by atoms with E-state index in [1.165, 1.54) is 6.92 Å². The average Bonchev–Trinajstić information content (AvgIpc) is 2.57. The summed E-state index contributed by atoms with van der Waals surface area (Å²) in [6.07, 6.45) is 5.05. The molecule has 24 heavy (non-hydrogen) atoms. The molecule has 1 atom stereocenters. The summed E-state index contributed by atoms with van der Waals surface area (Å²) in [7, 11) is 1.06. The molecule has 0 aliphatic rings. The number of hydrogen-bond acceptors (Lipinski definition) is 4. The van der Waals surface area contributed by atoms with E-state index < -0.39 is 29.0 Å². The second-order valence-electron chi connectivity index (χ2n) is 4.83. The van der Waals surface area contributed by atoms with Crippen LogP contribution in [0.25, 0.3) is 5.69 Å². The fourth-order valence-corrected chi connectivity index (χ4v) is 1.94. The normalized spacial score (nSPS) is 11.4. The third-order valence-electron chi connectivity index (χ3n) is 3.21. The molecule has 1 aromatic carbocycles. The summed E-state index contributed by atoms with van der Waals surface area (Å²) < 4.78 is 34.3. The van der Waals surface area contributed by atoms with Crippen molar-refractivity contribution in [1.82, 2.24) is 9.13 Å². The van der Waals surface area contributed by atoms with E-state index in [0.29, 0.717) is 15.3 Å². The van der Waals surface area contributed by atoms with Gasteiger partial charge in [-0.2, -0.15) is 9.65 Å². The largest absolute Gasteiger partial charge is 0.477 e. The molecule has 0 N–H and O–H groups in total. The molecule has 8 heteroatoms. The number of benzene rings is 1. The van der Waals surface area contributed by atoms with Crippen LogP contribution in [0.3, 0.4) is 0 Å². The second-order valence-corrected chi connectivity index (χ2v) is 4.83. The van der Waals surface area contributed by atoms with E-state index in [1.807, 2.05) is 0 Å². The van der Waals surface area contributed by atoms with Crippen LogP contribution in [0.15, 0.2) is 27.9 Å². The van der Waals surface area contributed by atoms with E-state index in [9.17, 15) is 18.4 Å². The van der Waals surface area contributed by atoms with Gasteiger partial charge in [-0.1, -0.05) is 5.92 Å². The molecule has 6 nitrogen and oxygen atoms in total. The Hall–Kier alpha value is -3.39. The van der Waals surface area contributed by atoms with Crippen LogP contribution in [0.2, 0.25) is 0 Å². The molecule has 0 saturated carbocycles. The van der Waals surface area contributed by atoms with Crippen molar-refractivity contribution in [3.63, 3.8) is 0 Å². The first-order chi connectivity index (χ1) is 11.3. The number of ether oxygens (including phenoxy) is 1. The maximum atomic E-state index is 14.2. The fraction of sp³-hybridized carbons (Fsp3) is 0.188. The molecule has 0 saturated heterocycles. The minimum absolute atomic E-state index is 0.0690. The number of hydrogen-bond donors (Lipinski definition) is 0. The van der Waals surface area contributed by atoms with Crippen LogP contribution >= 0.6 is 0 Å². The number of nitrogens with zero attached hydrogens (tertiary/aromatic N) is 3. The summed E-state index contributed by atoms with van der Waals surface area (Å²) in [5, 5.41) is 9.05. The van der Waals surface area contributed by atoms with Crippen molar-refractivity contribution in [3.05, 3.63) is 56.4 Å². The highest BCUT2D eigenvalue weighted by atomic mass is 19.1. The first-order valence-corrected chi connectivity index (χ1v) is 6.65. The van der Waals surface area contributed by atoms with Crippen molar-refractivity contribution in [3.8, 4) is 29.8 Å². The predicted octanol–water partition coefficient (Wildman–Crippen LogP) is 1.09. The van der Waals surface area contributed by atoms with Crippen LogP contribution in [-0.2, 0) is 7.05 Å². The van der Waals surface area contributed by atoms with Crippen molar-refractivity contribution in [1.29, 1.82) is 5.26 Å². The fourth-order valence-electron chi connectivity index (χ4n) is 1.94. The van der Waals surface area contributed by atoms with Crippen LogP contribution < -0.4 is 16.0 Å². The summed E-state index contributed by atoms with van der Waals surface area (Å²) >= 11 is 0. The molecule has 1 unspecified atom stereocenters. The van der Waals surface area contributed by atoms with Crippen LogP contribution in [0.5, 0.6) is 5.75 Å². The van der Waals surface area contributed by atoms with Gasteiger partial charge >= 0.3 is 5.69 Å². The van der Waals surface area contributed by atoms with E-state index in [0.717, 1.165) is 19.2 Å². The lowest BCUT2D eigenvalue weighted by atomic mass is 10.1. The Balaban J connectivity index is 2.75. The first kappa shape index (κ1) is 17.0. The molecule has 0 aliphatic heterocycles. The Labute approximate surface area is 135 Å². The van der Waals surface area contributed by atoms with Gasteiger partial charge in [0.25, 0.3) is 5.56 Å². The second kappa shape index (κ2) is 6.39. The van der Waals surface area contributed by atoms with Crippen molar-refractivity contribution >= 4 is 0 Å². The lowest BCUT2D eigenvalue weighted by Crippen LogP contribution is -2.38. The van der Waals surface area contributed by atoms with Crippen LogP contribution in [-0.4, -0.2) is 15.2 Å². The highest BCUT2D eigenvalue weighted by Crippen LogP contribution is 2.25. The molecule has 2 aromatic rings. The zero-order valence-corrected chi connectivity index (χ0v) is 12.7. The maximum Gasteiger partial charge on any atom is 0.335 e. The summed E-state index contributed by atoms with van der Waals surface area (Å²) in [5.41, 5.74) is -2.62. The molecule has 1 aromatic heterocycles. The van der Waals surface area contributed by atoms with Crippen molar-refractivity contribution < 1.29 is 13.5 Å².